The Morgan fingerprint density at radius 1 is 1.03 bits per heavy atom. The van der Waals surface area contributed by atoms with Gasteiger partial charge in [0.25, 0.3) is 5.91 Å². The average Bonchev–Trinajstić information content (AvgIpc) is 3.51. The van der Waals surface area contributed by atoms with Crippen LogP contribution < -0.4 is 5.32 Å². The maximum atomic E-state index is 13.1. The van der Waals surface area contributed by atoms with Crippen molar-refractivity contribution in [3.8, 4) is 0 Å². The van der Waals surface area contributed by atoms with Crippen molar-refractivity contribution in [2.75, 3.05) is 13.1 Å². The smallest absolute Gasteiger partial charge is 0.289 e. The summed E-state index contributed by atoms with van der Waals surface area (Å²) in [7, 11) is 0. The van der Waals surface area contributed by atoms with Gasteiger partial charge in [-0.3, -0.25) is 9.59 Å². The van der Waals surface area contributed by atoms with Gasteiger partial charge in [0.15, 0.2) is 5.76 Å². The Morgan fingerprint density at radius 3 is 2.32 bits per heavy atom. The summed E-state index contributed by atoms with van der Waals surface area (Å²) in [6, 6.07) is 15.8. The maximum absolute atomic E-state index is 13.1. The summed E-state index contributed by atoms with van der Waals surface area (Å²) >= 11 is 1.65. The van der Waals surface area contributed by atoms with Crippen LogP contribution >= 0.6 is 11.3 Å². The fraction of sp³-hybridized carbons (Fsp3) is 0.360. The number of piperidine rings is 1. The van der Waals surface area contributed by atoms with Gasteiger partial charge in [-0.25, -0.2) is 0 Å². The number of furan rings is 1. The maximum Gasteiger partial charge on any atom is 0.289 e. The third kappa shape index (κ3) is 4.90. The standard InChI is InChI=1S/C25H28N2O3S/c1-17(2)18-7-9-19(10-8-18)23(22-6-4-16-31-22)26-24(28)20-11-13-27(14-12-20)25(29)21-5-3-15-30-21/h3-10,15-17,20,23H,11-14H2,1-2H3,(H,26,28). The number of rotatable bonds is 6. The van der Waals surface area contributed by atoms with Crippen LogP contribution in [-0.4, -0.2) is 29.8 Å². The van der Waals surface area contributed by atoms with Crippen LogP contribution in [0.4, 0.5) is 0 Å². The summed E-state index contributed by atoms with van der Waals surface area (Å²) in [5.41, 5.74) is 2.37. The summed E-state index contributed by atoms with van der Waals surface area (Å²) in [6.07, 6.45) is 2.81. The Balaban J connectivity index is 1.42. The molecular weight excluding hydrogens is 408 g/mol. The molecule has 2 aromatic heterocycles. The largest absolute Gasteiger partial charge is 0.459 e. The van der Waals surface area contributed by atoms with Crippen LogP contribution in [0.3, 0.4) is 0 Å². The quantitative estimate of drug-likeness (QED) is 0.576. The molecule has 0 aliphatic carbocycles. The van der Waals surface area contributed by atoms with Crippen LogP contribution in [0.5, 0.6) is 0 Å². The molecule has 3 heterocycles. The Labute approximate surface area is 187 Å². The van der Waals surface area contributed by atoms with E-state index >= 15 is 0 Å². The summed E-state index contributed by atoms with van der Waals surface area (Å²) in [5, 5.41) is 5.31. The molecule has 6 heteroatoms. The predicted molar refractivity (Wildman–Crippen MR) is 122 cm³/mol. The summed E-state index contributed by atoms with van der Waals surface area (Å²) < 4.78 is 5.22. The molecule has 31 heavy (non-hydrogen) atoms. The van der Waals surface area contributed by atoms with Crippen LogP contribution in [0.15, 0.2) is 64.6 Å². The fourth-order valence-corrected chi connectivity index (χ4v) is 4.81. The summed E-state index contributed by atoms with van der Waals surface area (Å²) in [5.74, 6) is 0.670. The minimum absolute atomic E-state index is 0.0523. The minimum atomic E-state index is -0.156. The first-order chi connectivity index (χ1) is 15.0. The third-order valence-corrected chi connectivity index (χ3v) is 6.87. The molecule has 0 spiro atoms. The van der Waals surface area contributed by atoms with Crippen molar-refractivity contribution in [1.29, 1.82) is 0 Å². The Bertz CT molecular complexity index is 986. The molecule has 0 bridgehead atoms. The van der Waals surface area contributed by atoms with E-state index in [0.29, 0.717) is 37.6 Å². The van der Waals surface area contributed by atoms with Crippen molar-refractivity contribution >= 4 is 23.2 Å². The van der Waals surface area contributed by atoms with Crippen molar-refractivity contribution in [2.45, 2.75) is 38.6 Å². The number of likely N-dealkylation sites (tertiary alicyclic amines) is 1. The van der Waals surface area contributed by atoms with Crippen LogP contribution in [0.1, 0.15) is 65.2 Å². The van der Waals surface area contributed by atoms with Crippen molar-refractivity contribution in [3.63, 3.8) is 0 Å². The molecule has 162 valence electrons. The summed E-state index contributed by atoms with van der Waals surface area (Å²) in [4.78, 5) is 28.5. The Kier molecular flexibility index (Phi) is 6.56. The monoisotopic (exact) mass is 436 g/mol. The number of carbonyl (C=O) groups is 2. The van der Waals surface area contributed by atoms with Gasteiger partial charge in [-0.15, -0.1) is 11.3 Å². The van der Waals surface area contributed by atoms with Gasteiger partial charge in [-0.05, 0) is 53.5 Å². The highest BCUT2D eigenvalue weighted by Gasteiger charge is 2.30. The van der Waals surface area contributed by atoms with E-state index in [1.165, 1.54) is 11.8 Å². The lowest BCUT2D eigenvalue weighted by atomic mass is 9.94. The van der Waals surface area contributed by atoms with E-state index in [2.05, 4.69) is 49.5 Å². The highest BCUT2D eigenvalue weighted by Crippen LogP contribution is 2.29. The van der Waals surface area contributed by atoms with E-state index in [0.717, 1.165) is 10.4 Å². The molecule has 1 aliphatic rings. The number of nitrogens with zero attached hydrogens (tertiary/aromatic N) is 1. The molecule has 1 N–H and O–H groups in total. The number of hydrogen-bond donors (Lipinski definition) is 1. The molecule has 1 fully saturated rings. The molecule has 0 radical (unpaired) electrons. The van der Waals surface area contributed by atoms with Crippen molar-refractivity contribution in [1.82, 2.24) is 10.2 Å². The number of carbonyl (C=O) groups excluding carboxylic acids is 2. The molecule has 5 nitrogen and oxygen atoms in total. The molecule has 1 unspecified atom stereocenters. The van der Waals surface area contributed by atoms with Gasteiger partial charge < -0.3 is 14.6 Å². The van der Waals surface area contributed by atoms with Crippen molar-refractivity contribution < 1.29 is 14.0 Å². The number of amides is 2. The van der Waals surface area contributed by atoms with Crippen LogP contribution in [0, 0.1) is 5.92 Å². The van der Waals surface area contributed by atoms with Crippen LogP contribution in [0.2, 0.25) is 0 Å². The molecule has 3 aromatic rings. The third-order valence-electron chi connectivity index (χ3n) is 5.94. The van der Waals surface area contributed by atoms with Gasteiger partial charge in [0.05, 0.1) is 12.3 Å². The lowest BCUT2D eigenvalue weighted by Gasteiger charge is -2.31. The molecular formula is C25H28N2O3S. The second-order valence-electron chi connectivity index (χ2n) is 8.32. The lowest BCUT2D eigenvalue weighted by Crippen LogP contribution is -2.43. The van der Waals surface area contributed by atoms with Gasteiger partial charge in [-0.2, -0.15) is 0 Å². The molecule has 2 amide bonds. The topological polar surface area (TPSA) is 62.6 Å². The number of hydrogen-bond acceptors (Lipinski definition) is 4. The zero-order valence-electron chi connectivity index (χ0n) is 17.9. The van der Waals surface area contributed by atoms with Crippen LogP contribution in [-0.2, 0) is 4.79 Å². The van der Waals surface area contributed by atoms with E-state index in [9.17, 15) is 9.59 Å². The van der Waals surface area contributed by atoms with E-state index < -0.39 is 0 Å². The zero-order valence-corrected chi connectivity index (χ0v) is 18.7. The number of thiophene rings is 1. The van der Waals surface area contributed by atoms with E-state index in [1.807, 2.05) is 11.4 Å². The van der Waals surface area contributed by atoms with Crippen molar-refractivity contribution in [2.24, 2.45) is 5.92 Å². The fourth-order valence-electron chi connectivity index (χ4n) is 4.01. The molecule has 1 aliphatic heterocycles. The number of benzene rings is 1. The molecule has 4 rings (SSSR count). The van der Waals surface area contributed by atoms with Crippen molar-refractivity contribution in [3.05, 3.63) is 81.9 Å². The van der Waals surface area contributed by atoms with E-state index in [4.69, 9.17) is 4.42 Å². The number of nitrogens with one attached hydrogen (secondary N) is 1. The van der Waals surface area contributed by atoms with Gasteiger partial charge in [0.2, 0.25) is 5.91 Å². The second-order valence-corrected chi connectivity index (χ2v) is 9.30. The first-order valence-electron chi connectivity index (χ1n) is 10.8. The molecule has 1 saturated heterocycles. The molecule has 1 aromatic carbocycles. The lowest BCUT2D eigenvalue weighted by molar-refractivity contribution is -0.126. The van der Waals surface area contributed by atoms with Gasteiger partial charge in [0, 0.05) is 23.9 Å². The minimum Gasteiger partial charge on any atom is -0.459 e. The molecule has 0 saturated carbocycles. The van der Waals surface area contributed by atoms with Crippen LogP contribution in [0.25, 0.3) is 0 Å². The SMILES string of the molecule is CC(C)c1ccc(C(NC(=O)C2CCN(C(=O)c3ccco3)CC2)c2cccs2)cc1. The Hall–Kier alpha value is -2.86. The predicted octanol–water partition coefficient (Wildman–Crippen LogP) is 5.22. The van der Waals surface area contributed by atoms with E-state index in [1.54, 1.807) is 28.4 Å². The molecule has 1 atom stereocenters. The highest BCUT2D eigenvalue weighted by atomic mass is 32.1. The van der Waals surface area contributed by atoms with E-state index in [-0.39, 0.29) is 23.8 Å². The highest BCUT2D eigenvalue weighted by molar-refractivity contribution is 7.10. The first-order valence-corrected chi connectivity index (χ1v) is 11.7. The summed E-state index contributed by atoms with van der Waals surface area (Å²) in [6.45, 7) is 5.47. The van der Waals surface area contributed by atoms with Gasteiger partial charge >= 0.3 is 0 Å². The normalized spacial score (nSPS) is 15.8. The van der Waals surface area contributed by atoms with Gasteiger partial charge in [-0.1, -0.05) is 44.2 Å². The average molecular weight is 437 g/mol. The first kappa shape index (κ1) is 21.4. The second kappa shape index (κ2) is 9.52. The van der Waals surface area contributed by atoms with Gasteiger partial charge in [0.1, 0.15) is 0 Å². The zero-order chi connectivity index (χ0) is 21.8. The Morgan fingerprint density at radius 2 is 1.74 bits per heavy atom.